The minimum absolute atomic E-state index is 0.0489. The van der Waals surface area contributed by atoms with Crippen LogP contribution in [0.5, 0.6) is 0 Å². The summed E-state index contributed by atoms with van der Waals surface area (Å²) >= 11 is 0. The zero-order chi connectivity index (χ0) is 16.7. The molecule has 0 bridgehead atoms. The average molecular weight is 325 g/mol. The van der Waals surface area contributed by atoms with Crippen molar-refractivity contribution in [2.75, 3.05) is 16.8 Å². The Kier molecular flexibility index (Phi) is 3.45. The fraction of sp³-hybridized carbons (Fsp3) is 0.222. The number of hydrogen-bond acceptors (Lipinski definition) is 3. The van der Waals surface area contributed by atoms with Crippen LogP contribution in [0.1, 0.15) is 16.8 Å². The van der Waals surface area contributed by atoms with Crippen LogP contribution >= 0.6 is 0 Å². The fourth-order valence-corrected chi connectivity index (χ4v) is 3.37. The molecule has 2 atom stereocenters. The lowest BCUT2D eigenvalue weighted by Gasteiger charge is -2.32. The topological polar surface area (TPSA) is 61.4 Å². The van der Waals surface area contributed by atoms with Crippen LogP contribution < -0.4 is 15.5 Å². The smallest absolute Gasteiger partial charge is 0.251 e. The molecule has 2 aliphatic rings. The number of carbonyl (C=O) groups is 2. The molecule has 2 heterocycles. The summed E-state index contributed by atoms with van der Waals surface area (Å²) in [6, 6.07) is 12.7. The van der Waals surface area contributed by atoms with Gasteiger partial charge in [0.1, 0.15) is 11.9 Å². The Hall–Kier alpha value is -2.89. The number of carbonyl (C=O) groups excluding carboxylic acids is 2. The van der Waals surface area contributed by atoms with Gasteiger partial charge in [0.05, 0.1) is 11.4 Å². The van der Waals surface area contributed by atoms with Crippen molar-refractivity contribution in [3.63, 3.8) is 0 Å². The van der Waals surface area contributed by atoms with E-state index in [1.807, 2.05) is 29.2 Å². The molecular weight excluding hydrogens is 309 g/mol. The predicted octanol–water partition coefficient (Wildman–Crippen LogP) is 2.16. The quantitative estimate of drug-likeness (QED) is 0.889. The summed E-state index contributed by atoms with van der Waals surface area (Å²) in [6.07, 6.45) is 0.549. The van der Waals surface area contributed by atoms with Gasteiger partial charge in [-0.15, -0.1) is 0 Å². The molecule has 24 heavy (non-hydrogen) atoms. The third kappa shape index (κ3) is 2.50. The normalized spacial score (nSPS) is 21.7. The van der Waals surface area contributed by atoms with Gasteiger partial charge in [0, 0.05) is 18.2 Å². The third-order valence-electron chi connectivity index (χ3n) is 4.52. The van der Waals surface area contributed by atoms with Crippen LogP contribution in [0.15, 0.2) is 48.5 Å². The predicted molar refractivity (Wildman–Crippen MR) is 88.5 cm³/mol. The van der Waals surface area contributed by atoms with Crippen molar-refractivity contribution in [3.05, 3.63) is 59.9 Å². The van der Waals surface area contributed by atoms with Crippen LogP contribution in [0.2, 0.25) is 0 Å². The highest BCUT2D eigenvalue weighted by Crippen LogP contribution is 2.36. The molecule has 0 aromatic heterocycles. The van der Waals surface area contributed by atoms with Gasteiger partial charge in [0.25, 0.3) is 5.91 Å². The third-order valence-corrected chi connectivity index (χ3v) is 4.52. The molecule has 2 aliphatic heterocycles. The second-order valence-electron chi connectivity index (χ2n) is 6.09. The van der Waals surface area contributed by atoms with E-state index in [0.717, 1.165) is 11.4 Å². The van der Waals surface area contributed by atoms with Gasteiger partial charge >= 0.3 is 0 Å². The van der Waals surface area contributed by atoms with Crippen LogP contribution in [0, 0.1) is 5.82 Å². The first kappa shape index (κ1) is 14.7. The van der Waals surface area contributed by atoms with Crippen molar-refractivity contribution in [3.8, 4) is 0 Å². The second kappa shape index (κ2) is 5.63. The molecular formula is C18H16FN3O2. The van der Waals surface area contributed by atoms with Gasteiger partial charge in [-0.25, -0.2) is 4.39 Å². The molecule has 122 valence electrons. The molecule has 2 aromatic rings. The lowest BCUT2D eigenvalue weighted by Crippen LogP contribution is -2.44. The Bertz CT molecular complexity index is 806. The number of fused-ring (bicyclic) bond motifs is 3. The zero-order valence-electron chi connectivity index (χ0n) is 12.8. The van der Waals surface area contributed by atoms with Crippen molar-refractivity contribution >= 4 is 23.2 Å². The maximum absolute atomic E-state index is 13.0. The number of anilines is 2. The first-order chi connectivity index (χ1) is 11.6. The van der Waals surface area contributed by atoms with E-state index in [4.69, 9.17) is 0 Å². The average Bonchev–Trinajstić information content (AvgIpc) is 3.00. The van der Waals surface area contributed by atoms with E-state index in [1.165, 1.54) is 24.3 Å². The van der Waals surface area contributed by atoms with Crippen molar-refractivity contribution in [1.82, 2.24) is 5.32 Å². The van der Waals surface area contributed by atoms with E-state index in [-0.39, 0.29) is 29.7 Å². The highest BCUT2D eigenvalue weighted by atomic mass is 19.1. The van der Waals surface area contributed by atoms with Crippen LogP contribution in [0.4, 0.5) is 15.8 Å². The van der Waals surface area contributed by atoms with Crippen LogP contribution in [-0.4, -0.2) is 30.4 Å². The highest BCUT2D eigenvalue weighted by Gasteiger charge is 2.41. The van der Waals surface area contributed by atoms with Gasteiger partial charge in [-0.3, -0.25) is 9.59 Å². The molecule has 0 spiro atoms. The summed E-state index contributed by atoms with van der Waals surface area (Å²) in [5, 5.41) is 5.85. The maximum atomic E-state index is 13.0. The Morgan fingerprint density at radius 3 is 2.71 bits per heavy atom. The van der Waals surface area contributed by atoms with Gasteiger partial charge in [-0.1, -0.05) is 12.1 Å². The van der Waals surface area contributed by atoms with Crippen LogP contribution in [0.3, 0.4) is 0 Å². The van der Waals surface area contributed by atoms with E-state index in [2.05, 4.69) is 10.6 Å². The first-order valence-corrected chi connectivity index (χ1v) is 7.85. The van der Waals surface area contributed by atoms with Gasteiger partial charge in [0.2, 0.25) is 5.91 Å². The van der Waals surface area contributed by atoms with Crippen molar-refractivity contribution in [2.45, 2.75) is 18.5 Å². The maximum Gasteiger partial charge on any atom is 0.251 e. The fourth-order valence-electron chi connectivity index (χ4n) is 3.37. The summed E-state index contributed by atoms with van der Waals surface area (Å²) < 4.78 is 13.0. The van der Waals surface area contributed by atoms with Crippen molar-refractivity contribution < 1.29 is 14.0 Å². The number of rotatable bonds is 2. The number of nitrogens with zero attached hydrogens (tertiary/aromatic N) is 1. The first-order valence-electron chi connectivity index (χ1n) is 7.85. The molecule has 2 unspecified atom stereocenters. The van der Waals surface area contributed by atoms with Crippen molar-refractivity contribution in [1.29, 1.82) is 0 Å². The van der Waals surface area contributed by atoms with Gasteiger partial charge < -0.3 is 15.5 Å². The molecule has 1 saturated heterocycles. The lowest BCUT2D eigenvalue weighted by atomic mass is 10.1. The molecule has 2 amide bonds. The summed E-state index contributed by atoms with van der Waals surface area (Å²) in [4.78, 5) is 26.6. The number of nitrogens with one attached hydrogen (secondary N) is 2. The monoisotopic (exact) mass is 325 g/mol. The number of para-hydroxylation sites is 2. The van der Waals surface area contributed by atoms with Gasteiger partial charge in [-0.2, -0.15) is 0 Å². The minimum Gasteiger partial charge on any atom is -0.356 e. The molecule has 6 heteroatoms. The van der Waals surface area contributed by atoms with Gasteiger partial charge in [-0.05, 0) is 42.8 Å². The molecule has 0 radical (unpaired) electrons. The van der Waals surface area contributed by atoms with E-state index in [0.29, 0.717) is 18.5 Å². The molecule has 5 nitrogen and oxygen atoms in total. The summed E-state index contributed by atoms with van der Waals surface area (Å²) in [7, 11) is 0. The molecule has 4 rings (SSSR count). The van der Waals surface area contributed by atoms with Crippen LogP contribution in [-0.2, 0) is 4.79 Å². The SMILES string of the molecule is O=C(NC1CC2C(=O)Nc3ccccc3N2C1)c1ccc(F)cc1. The molecule has 0 saturated carbocycles. The van der Waals surface area contributed by atoms with E-state index in [9.17, 15) is 14.0 Å². The molecule has 2 aromatic carbocycles. The van der Waals surface area contributed by atoms with E-state index < -0.39 is 0 Å². The lowest BCUT2D eigenvalue weighted by molar-refractivity contribution is -0.117. The van der Waals surface area contributed by atoms with Crippen molar-refractivity contribution in [2.24, 2.45) is 0 Å². The molecule has 2 N–H and O–H groups in total. The highest BCUT2D eigenvalue weighted by molar-refractivity contribution is 6.04. The summed E-state index contributed by atoms with van der Waals surface area (Å²) in [5.41, 5.74) is 2.18. The zero-order valence-corrected chi connectivity index (χ0v) is 12.8. The largest absolute Gasteiger partial charge is 0.356 e. The Labute approximate surface area is 138 Å². The Morgan fingerprint density at radius 1 is 1.17 bits per heavy atom. The number of benzene rings is 2. The summed E-state index contributed by atoms with van der Waals surface area (Å²) in [5.74, 6) is -0.682. The second-order valence-corrected chi connectivity index (χ2v) is 6.09. The minimum atomic E-state index is -0.377. The number of halogens is 1. The van der Waals surface area contributed by atoms with Gasteiger partial charge in [0.15, 0.2) is 0 Å². The number of amides is 2. The summed E-state index contributed by atoms with van der Waals surface area (Å²) in [6.45, 7) is 0.571. The Morgan fingerprint density at radius 2 is 1.92 bits per heavy atom. The molecule has 1 fully saturated rings. The van der Waals surface area contributed by atoms with E-state index in [1.54, 1.807) is 0 Å². The van der Waals surface area contributed by atoms with E-state index >= 15 is 0 Å². The van der Waals surface area contributed by atoms with Crippen LogP contribution in [0.25, 0.3) is 0 Å². The number of hydrogen-bond donors (Lipinski definition) is 2. The Balaban J connectivity index is 1.51. The standard InChI is InChI=1S/C18H16FN3O2/c19-12-7-5-11(6-8-12)17(23)20-13-9-16-18(24)21-14-3-1-2-4-15(14)22(16)10-13/h1-8,13,16H,9-10H2,(H,20,23)(H,21,24). The molecule has 0 aliphatic carbocycles.